The molecule has 5 rings (SSSR count). The standard InChI is InChI=1S/C30H52O2/c1-25(2)14-9-15-28(6)23-11-10-22-27(5)16-12-19(26(3,4)32)20(27)13-17-29(22,7)30(23,8)18-21(31)24(25)28/h19-24,31-32H,9-18H2,1-8H3/t19?,20-,21?,22?,23?,24?,27+,28+,29+,30-/m0/s1. The maximum absolute atomic E-state index is 11.8. The first-order valence-corrected chi connectivity index (χ1v) is 14.0. The van der Waals surface area contributed by atoms with E-state index in [1.165, 1.54) is 57.8 Å². The van der Waals surface area contributed by atoms with Gasteiger partial charge in [-0.2, -0.15) is 0 Å². The van der Waals surface area contributed by atoms with Gasteiger partial charge in [-0.15, -0.1) is 0 Å². The third-order valence-corrected chi connectivity index (χ3v) is 13.5. The monoisotopic (exact) mass is 444 g/mol. The van der Waals surface area contributed by atoms with Crippen LogP contribution in [0.1, 0.15) is 120 Å². The SMILES string of the molecule is CC(C)(O)C1CC[C@@]2(C)C3CCC4[C@@]5(C)CCCC(C)(C)C5C(O)C[C@]4(C)[C@]3(C)CC[C@@H]12. The highest BCUT2D eigenvalue weighted by Crippen LogP contribution is 2.78. The van der Waals surface area contributed by atoms with Gasteiger partial charge in [0.2, 0.25) is 0 Å². The van der Waals surface area contributed by atoms with Gasteiger partial charge in [0.25, 0.3) is 0 Å². The smallest absolute Gasteiger partial charge is 0.0622 e. The molecule has 2 N–H and O–H groups in total. The van der Waals surface area contributed by atoms with Crippen LogP contribution < -0.4 is 0 Å². The van der Waals surface area contributed by atoms with Crippen LogP contribution in [0.4, 0.5) is 0 Å². The number of hydrogen-bond acceptors (Lipinski definition) is 2. The van der Waals surface area contributed by atoms with E-state index in [4.69, 9.17) is 0 Å². The van der Waals surface area contributed by atoms with E-state index in [2.05, 4.69) is 55.4 Å². The van der Waals surface area contributed by atoms with Crippen molar-refractivity contribution in [1.82, 2.24) is 0 Å². The van der Waals surface area contributed by atoms with Crippen molar-refractivity contribution < 1.29 is 10.2 Å². The third-order valence-electron chi connectivity index (χ3n) is 13.5. The Balaban J connectivity index is 1.54. The molecule has 5 fully saturated rings. The van der Waals surface area contributed by atoms with Gasteiger partial charge >= 0.3 is 0 Å². The van der Waals surface area contributed by atoms with Crippen LogP contribution in [-0.4, -0.2) is 21.9 Å². The first-order valence-electron chi connectivity index (χ1n) is 14.0. The Hall–Kier alpha value is -0.0800. The highest BCUT2D eigenvalue weighted by Gasteiger charge is 2.72. The second kappa shape index (κ2) is 6.77. The van der Waals surface area contributed by atoms with Crippen LogP contribution in [0, 0.1) is 56.7 Å². The maximum atomic E-state index is 11.8. The van der Waals surface area contributed by atoms with Crippen LogP contribution in [0.3, 0.4) is 0 Å². The number of fused-ring (bicyclic) bond motifs is 7. The summed E-state index contributed by atoms with van der Waals surface area (Å²) in [6, 6.07) is 0. The Bertz CT molecular complexity index is 765. The minimum Gasteiger partial charge on any atom is -0.393 e. The number of rotatable bonds is 1. The zero-order valence-corrected chi connectivity index (χ0v) is 22.4. The quantitative estimate of drug-likeness (QED) is 0.448. The van der Waals surface area contributed by atoms with Gasteiger partial charge in [-0.25, -0.2) is 0 Å². The summed E-state index contributed by atoms with van der Waals surface area (Å²) >= 11 is 0. The molecule has 5 aliphatic rings. The molecule has 2 nitrogen and oxygen atoms in total. The topological polar surface area (TPSA) is 40.5 Å². The second-order valence-corrected chi connectivity index (χ2v) is 15.6. The summed E-state index contributed by atoms with van der Waals surface area (Å²) < 4.78 is 0. The van der Waals surface area contributed by atoms with E-state index in [0.29, 0.717) is 28.6 Å². The number of aliphatic hydroxyl groups excluding tert-OH is 1. The van der Waals surface area contributed by atoms with Gasteiger partial charge < -0.3 is 10.2 Å². The molecule has 184 valence electrons. The lowest BCUT2D eigenvalue weighted by molar-refractivity contribution is -0.268. The predicted molar refractivity (Wildman–Crippen MR) is 132 cm³/mol. The zero-order valence-electron chi connectivity index (χ0n) is 22.4. The summed E-state index contributed by atoms with van der Waals surface area (Å²) in [6.45, 7) is 19.4. The average Bonchev–Trinajstić information content (AvgIpc) is 2.98. The Kier molecular flexibility index (Phi) is 5.01. The molecule has 0 aromatic carbocycles. The molecule has 2 heteroatoms. The molecule has 0 heterocycles. The van der Waals surface area contributed by atoms with E-state index in [0.717, 1.165) is 18.3 Å². The molecule has 10 atom stereocenters. The van der Waals surface area contributed by atoms with Gasteiger partial charge in [-0.3, -0.25) is 0 Å². The molecular formula is C30H52O2. The van der Waals surface area contributed by atoms with Gasteiger partial charge in [0.05, 0.1) is 11.7 Å². The summed E-state index contributed by atoms with van der Waals surface area (Å²) in [6.07, 6.45) is 12.5. The van der Waals surface area contributed by atoms with Gasteiger partial charge in [0.15, 0.2) is 0 Å². The van der Waals surface area contributed by atoms with Gasteiger partial charge in [0.1, 0.15) is 0 Å². The van der Waals surface area contributed by atoms with Crippen molar-refractivity contribution in [3.63, 3.8) is 0 Å². The fourth-order valence-corrected chi connectivity index (χ4v) is 12.3. The lowest BCUT2D eigenvalue weighted by Crippen LogP contribution is -2.68. The van der Waals surface area contributed by atoms with Crippen molar-refractivity contribution >= 4 is 0 Å². The second-order valence-electron chi connectivity index (χ2n) is 15.6. The lowest BCUT2D eigenvalue weighted by Gasteiger charge is -2.73. The van der Waals surface area contributed by atoms with Crippen molar-refractivity contribution in [1.29, 1.82) is 0 Å². The molecule has 0 amide bonds. The predicted octanol–water partition coefficient (Wildman–Crippen LogP) is 7.22. The van der Waals surface area contributed by atoms with Crippen molar-refractivity contribution in [2.45, 2.75) is 131 Å². The van der Waals surface area contributed by atoms with E-state index >= 15 is 0 Å². The first-order chi connectivity index (χ1) is 14.6. The fraction of sp³-hybridized carbons (Fsp3) is 1.00. The largest absolute Gasteiger partial charge is 0.393 e. The van der Waals surface area contributed by atoms with E-state index < -0.39 is 5.60 Å². The highest BCUT2D eigenvalue weighted by molar-refractivity contribution is 5.20. The Morgan fingerprint density at radius 3 is 1.97 bits per heavy atom. The highest BCUT2D eigenvalue weighted by atomic mass is 16.3. The molecule has 0 spiro atoms. The summed E-state index contributed by atoms with van der Waals surface area (Å²) in [7, 11) is 0. The molecule has 5 aliphatic carbocycles. The summed E-state index contributed by atoms with van der Waals surface area (Å²) in [5, 5.41) is 22.8. The molecule has 0 saturated heterocycles. The van der Waals surface area contributed by atoms with E-state index in [9.17, 15) is 10.2 Å². The average molecular weight is 445 g/mol. The molecule has 0 radical (unpaired) electrons. The molecule has 0 aromatic rings. The summed E-state index contributed by atoms with van der Waals surface area (Å²) in [5.74, 6) is 3.01. The van der Waals surface area contributed by atoms with Crippen LogP contribution in [0.15, 0.2) is 0 Å². The van der Waals surface area contributed by atoms with Crippen molar-refractivity contribution in [3.8, 4) is 0 Å². The Morgan fingerprint density at radius 1 is 0.719 bits per heavy atom. The molecule has 0 bridgehead atoms. The third kappa shape index (κ3) is 2.78. The molecule has 5 unspecified atom stereocenters. The normalized spacial score (nSPS) is 57.2. The Labute approximate surface area is 198 Å². The van der Waals surface area contributed by atoms with Gasteiger partial charge in [-0.05, 0) is 128 Å². The van der Waals surface area contributed by atoms with Crippen molar-refractivity contribution in [3.05, 3.63) is 0 Å². The van der Waals surface area contributed by atoms with Gasteiger partial charge in [0, 0.05) is 0 Å². The van der Waals surface area contributed by atoms with Crippen LogP contribution in [0.5, 0.6) is 0 Å². The minimum atomic E-state index is -0.563. The lowest BCUT2D eigenvalue weighted by atomic mass is 9.31. The van der Waals surface area contributed by atoms with Crippen molar-refractivity contribution in [2.75, 3.05) is 0 Å². The number of aliphatic hydroxyl groups is 2. The van der Waals surface area contributed by atoms with Crippen LogP contribution >= 0.6 is 0 Å². The van der Waals surface area contributed by atoms with E-state index in [1.807, 2.05) is 0 Å². The molecule has 5 saturated carbocycles. The first kappa shape index (κ1) is 23.7. The fourth-order valence-electron chi connectivity index (χ4n) is 12.3. The van der Waals surface area contributed by atoms with E-state index in [-0.39, 0.29) is 22.3 Å². The van der Waals surface area contributed by atoms with Crippen molar-refractivity contribution in [2.24, 2.45) is 56.7 Å². The Morgan fingerprint density at radius 2 is 1.34 bits per heavy atom. The van der Waals surface area contributed by atoms with Crippen LogP contribution in [0.25, 0.3) is 0 Å². The van der Waals surface area contributed by atoms with Gasteiger partial charge in [-0.1, -0.05) is 48.0 Å². The number of hydrogen-bond donors (Lipinski definition) is 2. The summed E-state index contributed by atoms with van der Waals surface area (Å²) in [5.41, 5.74) is 0.819. The van der Waals surface area contributed by atoms with E-state index in [1.54, 1.807) is 0 Å². The minimum absolute atomic E-state index is 0.162. The zero-order chi connectivity index (χ0) is 23.5. The molecule has 32 heavy (non-hydrogen) atoms. The summed E-state index contributed by atoms with van der Waals surface area (Å²) in [4.78, 5) is 0. The molecule has 0 aromatic heterocycles. The maximum Gasteiger partial charge on any atom is 0.0622 e. The van der Waals surface area contributed by atoms with Crippen LogP contribution in [0.2, 0.25) is 0 Å². The molecular weight excluding hydrogens is 392 g/mol. The van der Waals surface area contributed by atoms with Crippen LogP contribution in [-0.2, 0) is 0 Å². The molecule has 0 aliphatic heterocycles.